The Morgan fingerprint density at radius 2 is 2.00 bits per heavy atom. The summed E-state index contributed by atoms with van der Waals surface area (Å²) in [5, 5.41) is 4.26. The van der Waals surface area contributed by atoms with Crippen LogP contribution in [0.25, 0.3) is 0 Å². The van der Waals surface area contributed by atoms with Crippen molar-refractivity contribution < 1.29 is 17.9 Å². The zero-order chi connectivity index (χ0) is 22.3. The molecule has 0 radical (unpaired) electrons. The SMILES string of the molecule is CS(=O)(=O)CCC(=O)c1ccc(OCC2CN(CCc3cccc(Cl)c3)CCN2)cc1. The van der Waals surface area contributed by atoms with Crippen LogP contribution in [0.1, 0.15) is 22.3 Å². The standard InChI is InChI=1S/C23H29ClN2O4S/c1-31(28,29)14-10-23(27)19-5-7-22(8-6-19)30-17-21-16-26(13-11-25-21)12-9-18-3-2-4-20(24)15-18/h2-8,15,21,25H,9-14,16-17H2,1H3. The zero-order valence-corrected chi connectivity index (χ0v) is 19.3. The Balaban J connectivity index is 1.43. The van der Waals surface area contributed by atoms with Crippen molar-refractivity contribution in [2.24, 2.45) is 0 Å². The van der Waals surface area contributed by atoms with Gasteiger partial charge in [-0.25, -0.2) is 8.42 Å². The highest BCUT2D eigenvalue weighted by Crippen LogP contribution is 2.15. The van der Waals surface area contributed by atoms with Gasteiger partial charge in [0.2, 0.25) is 0 Å². The van der Waals surface area contributed by atoms with E-state index in [1.54, 1.807) is 24.3 Å². The molecule has 31 heavy (non-hydrogen) atoms. The quantitative estimate of drug-likeness (QED) is 0.545. The monoisotopic (exact) mass is 464 g/mol. The minimum Gasteiger partial charge on any atom is -0.492 e. The Hall–Kier alpha value is -1.93. The first kappa shape index (κ1) is 23.7. The molecule has 1 heterocycles. The molecule has 168 valence electrons. The maximum absolute atomic E-state index is 12.1. The highest BCUT2D eigenvalue weighted by Gasteiger charge is 2.19. The average molecular weight is 465 g/mol. The predicted molar refractivity (Wildman–Crippen MR) is 124 cm³/mol. The van der Waals surface area contributed by atoms with E-state index in [4.69, 9.17) is 16.3 Å². The largest absolute Gasteiger partial charge is 0.492 e. The van der Waals surface area contributed by atoms with Crippen molar-refractivity contribution in [3.05, 3.63) is 64.7 Å². The smallest absolute Gasteiger partial charge is 0.163 e. The van der Waals surface area contributed by atoms with Crippen LogP contribution in [0, 0.1) is 0 Å². The molecule has 1 aliphatic rings. The van der Waals surface area contributed by atoms with E-state index in [2.05, 4.69) is 16.3 Å². The van der Waals surface area contributed by atoms with E-state index in [-0.39, 0.29) is 24.0 Å². The molecule has 1 saturated heterocycles. The number of hydrogen-bond donors (Lipinski definition) is 1. The number of hydrogen-bond acceptors (Lipinski definition) is 6. The second-order valence-corrected chi connectivity index (χ2v) is 10.7. The highest BCUT2D eigenvalue weighted by molar-refractivity contribution is 7.90. The van der Waals surface area contributed by atoms with Crippen molar-refractivity contribution in [2.45, 2.75) is 18.9 Å². The van der Waals surface area contributed by atoms with Crippen LogP contribution in [0.4, 0.5) is 0 Å². The number of Topliss-reactive ketones (excluding diaryl/α,β-unsaturated/α-hetero) is 1. The van der Waals surface area contributed by atoms with Gasteiger partial charge < -0.3 is 15.0 Å². The third-order valence-corrected chi connectivity index (χ3v) is 6.45. The van der Waals surface area contributed by atoms with E-state index in [9.17, 15) is 13.2 Å². The molecule has 0 aromatic heterocycles. The van der Waals surface area contributed by atoms with Gasteiger partial charge in [-0.2, -0.15) is 0 Å². The maximum Gasteiger partial charge on any atom is 0.163 e. The molecule has 6 nitrogen and oxygen atoms in total. The van der Waals surface area contributed by atoms with Crippen LogP contribution >= 0.6 is 11.6 Å². The lowest BCUT2D eigenvalue weighted by Gasteiger charge is -2.33. The molecule has 2 aromatic rings. The third kappa shape index (κ3) is 8.26. The number of sulfone groups is 1. The van der Waals surface area contributed by atoms with Crippen molar-refractivity contribution >= 4 is 27.2 Å². The van der Waals surface area contributed by atoms with Gasteiger partial charge in [-0.1, -0.05) is 23.7 Å². The first-order valence-electron chi connectivity index (χ1n) is 10.4. The number of ketones is 1. The molecule has 1 fully saturated rings. The molecule has 8 heteroatoms. The Morgan fingerprint density at radius 1 is 1.23 bits per heavy atom. The molecular weight excluding hydrogens is 436 g/mol. The van der Waals surface area contributed by atoms with Gasteiger partial charge in [-0.3, -0.25) is 4.79 Å². The molecule has 2 aromatic carbocycles. The number of nitrogens with one attached hydrogen (secondary N) is 1. The summed E-state index contributed by atoms with van der Waals surface area (Å²) in [5.41, 5.74) is 1.74. The highest BCUT2D eigenvalue weighted by atomic mass is 35.5. The summed E-state index contributed by atoms with van der Waals surface area (Å²) in [4.78, 5) is 14.5. The summed E-state index contributed by atoms with van der Waals surface area (Å²) in [6, 6.07) is 15.1. The molecule has 0 aliphatic carbocycles. The minimum atomic E-state index is -3.15. The Morgan fingerprint density at radius 3 is 2.71 bits per heavy atom. The molecule has 1 atom stereocenters. The fourth-order valence-electron chi connectivity index (χ4n) is 3.55. The summed E-state index contributed by atoms with van der Waals surface area (Å²) < 4.78 is 28.3. The molecule has 1 N–H and O–H groups in total. The number of carbonyl (C=O) groups is 1. The molecular formula is C23H29ClN2O4S. The first-order chi connectivity index (χ1) is 14.8. The van der Waals surface area contributed by atoms with Gasteiger partial charge in [0.1, 0.15) is 22.2 Å². The van der Waals surface area contributed by atoms with E-state index >= 15 is 0 Å². The number of halogens is 1. The van der Waals surface area contributed by atoms with Gasteiger partial charge in [0.15, 0.2) is 5.78 Å². The van der Waals surface area contributed by atoms with E-state index in [0.717, 1.165) is 43.9 Å². The Kier molecular flexibility index (Phi) is 8.49. The summed E-state index contributed by atoms with van der Waals surface area (Å²) in [6.07, 6.45) is 2.09. The van der Waals surface area contributed by atoms with Crippen LogP contribution in [0.5, 0.6) is 5.75 Å². The van der Waals surface area contributed by atoms with Gasteiger partial charge in [0.25, 0.3) is 0 Å². The molecule has 0 amide bonds. The van der Waals surface area contributed by atoms with E-state index in [1.165, 1.54) is 5.56 Å². The summed E-state index contributed by atoms with van der Waals surface area (Å²) in [6.45, 7) is 4.33. The van der Waals surface area contributed by atoms with Crippen LogP contribution in [0.2, 0.25) is 5.02 Å². The number of rotatable bonds is 10. The van der Waals surface area contributed by atoms with Crippen LogP contribution in [-0.4, -0.2) is 69.9 Å². The second kappa shape index (κ2) is 11.1. The average Bonchev–Trinajstić information content (AvgIpc) is 2.75. The number of ether oxygens (including phenoxy) is 1. The lowest BCUT2D eigenvalue weighted by molar-refractivity contribution is 0.0988. The minimum absolute atomic E-state index is 0.00392. The molecule has 0 saturated carbocycles. The van der Waals surface area contributed by atoms with E-state index in [1.807, 2.05) is 18.2 Å². The van der Waals surface area contributed by atoms with Crippen molar-refractivity contribution in [3.63, 3.8) is 0 Å². The van der Waals surface area contributed by atoms with Gasteiger partial charge in [0, 0.05) is 49.4 Å². The zero-order valence-electron chi connectivity index (χ0n) is 17.7. The summed E-state index contributed by atoms with van der Waals surface area (Å²) >= 11 is 6.07. The maximum atomic E-state index is 12.1. The number of piperazine rings is 1. The Labute approximate surface area is 189 Å². The van der Waals surface area contributed by atoms with E-state index in [0.29, 0.717) is 17.9 Å². The normalized spacial score (nSPS) is 17.4. The summed E-state index contributed by atoms with van der Waals surface area (Å²) in [7, 11) is -3.15. The van der Waals surface area contributed by atoms with Crippen LogP contribution in [0.3, 0.4) is 0 Å². The third-order valence-electron chi connectivity index (χ3n) is 5.27. The van der Waals surface area contributed by atoms with Crippen LogP contribution in [-0.2, 0) is 16.3 Å². The van der Waals surface area contributed by atoms with Crippen LogP contribution in [0.15, 0.2) is 48.5 Å². The lowest BCUT2D eigenvalue weighted by atomic mass is 10.1. The van der Waals surface area contributed by atoms with E-state index < -0.39 is 9.84 Å². The molecule has 0 bridgehead atoms. The number of nitrogens with zero attached hydrogens (tertiary/aromatic N) is 1. The molecule has 3 rings (SSSR count). The predicted octanol–water partition coefficient (Wildman–Crippen LogP) is 2.85. The number of benzene rings is 2. The first-order valence-corrected chi connectivity index (χ1v) is 12.9. The molecule has 1 unspecified atom stereocenters. The van der Waals surface area contributed by atoms with Crippen molar-refractivity contribution in [3.8, 4) is 5.75 Å². The second-order valence-electron chi connectivity index (χ2n) is 7.97. The molecule has 0 spiro atoms. The summed E-state index contributed by atoms with van der Waals surface area (Å²) in [5.74, 6) is 0.379. The van der Waals surface area contributed by atoms with Crippen molar-refractivity contribution in [1.29, 1.82) is 0 Å². The van der Waals surface area contributed by atoms with Gasteiger partial charge >= 0.3 is 0 Å². The van der Waals surface area contributed by atoms with Crippen LogP contribution < -0.4 is 10.1 Å². The van der Waals surface area contributed by atoms with Gasteiger partial charge in [0.05, 0.1) is 11.8 Å². The number of carbonyl (C=O) groups excluding carboxylic acids is 1. The lowest BCUT2D eigenvalue weighted by Crippen LogP contribution is -2.53. The molecule has 1 aliphatic heterocycles. The Bertz CT molecular complexity index is 979. The fraction of sp³-hybridized carbons (Fsp3) is 0.435. The fourth-order valence-corrected chi connectivity index (χ4v) is 4.31. The van der Waals surface area contributed by atoms with Gasteiger partial charge in [-0.15, -0.1) is 0 Å². The van der Waals surface area contributed by atoms with Gasteiger partial charge in [-0.05, 0) is 48.4 Å². The van der Waals surface area contributed by atoms with Crippen molar-refractivity contribution in [1.82, 2.24) is 10.2 Å². The van der Waals surface area contributed by atoms with Crippen molar-refractivity contribution in [2.75, 3.05) is 44.8 Å². The topological polar surface area (TPSA) is 75.7 Å².